The number of nitrogens with one attached hydrogen (secondary N) is 1. The Kier molecular flexibility index (Phi) is 5.90. The van der Waals surface area contributed by atoms with Crippen molar-refractivity contribution in [1.29, 1.82) is 0 Å². The van der Waals surface area contributed by atoms with Gasteiger partial charge < -0.3 is 20.2 Å². The monoisotopic (exact) mass is 413 g/mol. The summed E-state index contributed by atoms with van der Waals surface area (Å²) in [5.74, 6) is 2.42. The quantitative estimate of drug-likeness (QED) is 0.715. The number of hydrogen-bond donors (Lipinski definition) is 2. The number of amides is 1. The van der Waals surface area contributed by atoms with Crippen molar-refractivity contribution in [3.63, 3.8) is 0 Å². The molecule has 1 aliphatic carbocycles. The third-order valence-electron chi connectivity index (χ3n) is 6.39. The molecule has 0 radical (unpaired) electrons. The molecule has 4 rings (SSSR count). The molecule has 9 nitrogen and oxygen atoms in total. The first-order chi connectivity index (χ1) is 14.4. The molecule has 162 valence electrons. The van der Waals surface area contributed by atoms with Gasteiger partial charge in [0.05, 0.1) is 12.1 Å². The van der Waals surface area contributed by atoms with E-state index in [1.54, 1.807) is 17.1 Å². The summed E-state index contributed by atoms with van der Waals surface area (Å²) >= 11 is 0. The minimum absolute atomic E-state index is 0.0180. The number of aliphatic hydroxyl groups excluding tert-OH is 1. The lowest BCUT2D eigenvalue weighted by Gasteiger charge is -2.35. The number of hydrogen-bond acceptors (Lipinski definition) is 7. The van der Waals surface area contributed by atoms with Crippen molar-refractivity contribution in [3.05, 3.63) is 30.2 Å². The second-order valence-corrected chi connectivity index (χ2v) is 8.69. The fourth-order valence-electron chi connectivity index (χ4n) is 4.66. The molecular formula is C21H31N7O2. The number of fused-ring (bicyclic) bond motifs is 1. The van der Waals surface area contributed by atoms with E-state index < -0.39 is 6.10 Å². The van der Waals surface area contributed by atoms with Gasteiger partial charge in [-0.25, -0.2) is 4.98 Å². The van der Waals surface area contributed by atoms with Gasteiger partial charge in [0.25, 0.3) is 0 Å². The molecular weight excluding hydrogens is 382 g/mol. The summed E-state index contributed by atoms with van der Waals surface area (Å²) in [6.07, 6.45) is 5.54. The smallest absolute Gasteiger partial charge is 0.227 e. The number of rotatable bonds is 6. The fraction of sp³-hybridized carbons (Fsp3) is 0.619. The highest BCUT2D eigenvalue weighted by Gasteiger charge is 2.42. The maximum Gasteiger partial charge on any atom is 0.227 e. The second-order valence-electron chi connectivity index (χ2n) is 8.69. The summed E-state index contributed by atoms with van der Waals surface area (Å²) in [5.41, 5.74) is 1.03. The topological polar surface area (TPSA) is 99.4 Å². The van der Waals surface area contributed by atoms with Crippen molar-refractivity contribution in [2.75, 3.05) is 37.0 Å². The van der Waals surface area contributed by atoms with Crippen molar-refractivity contribution in [1.82, 2.24) is 25.1 Å². The first-order valence-corrected chi connectivity index (χ1v) is 10.6. The molecule has 0 bridgehead atoms. The lowest BCUT2D eigenvalue weighted by molar-refractivity contribution is -0.123. The second kappa shape index (κ2) is 8.59. The number of carbonyl (C=O) groups excluding carboxylic acids is 1. The Morgan fingerprint density at radius 1 is 1.23 bits per heavy atom. The summed E-state index contributed by atoms with van der Waals surface area (Å²) in [6, 6.07) is 3.63. The van der Waals surface area contributed by atoms with Crippen LogP contribution in [0.25, 0.3) is 0 Å². The van der Waals surface area contributed by atoms with E-state index in [-0.39, 0.29) is 11.9 Å². The first-order valence-electron chi connectivity index (χ1n) is 10.6. The minimum atomic E-state index is -0.513. The van der Waals surface area contributed by atoms with Gasteiger partial charge in [0, 0.05) is 58.7 Å². The Morgan fingerprint density at radius 2 is 2.00 bits per heavy atom. The molecule has 1 amide bonds. The molecule has 0 aromatic carbocycles. The number of carbonyl (C=O) groups is 1. The Bertz CT molecular complexity index is 884. The molecule has 2 N–H and O–H groups in total. The van der Waals surface area contributed by atoms with Crippen molar-refractivity contribution in [2.24, 2.45) is 18.9 Å². The number of aliphatic hydroxyl groups is 1. The molecule has 1 aliphatic heterocycles. The third-order valence-corrected chi connectivity index (χ3v) is 6.39. The summed E-state index contributed by atoms with van der Waals surface area (Å²) in [6.45, 7) is 1.70. The van der Waals surface area contributed by atoms with Gasteiger partial charge in [-0.2, -0.15) is 10.1 Å². The van der Waals surface area contributed by atoms with E-state index >= 15 is 0 Å². The van der Waals surface area contributed by atoms with Gasteiger partial charge in [0.1, 0.15) is 5.82 Å². The van der Waals surface area contributed by atoms with Crippen molar-refractivity contribution < 1.29 is 9.90 Å². The molecule has 2 aromatic rings. The maximum absolute atomic E-state index is 12.5. The normalized spacial score (nSPS) is 25.8. The van der Waals surface area contributed by atoms with Crippen LogP contribution >= 0.6 is 0 Å². The Labute approximate surface area is 177 Å². The van der Waals surface area contributed by atoms with E-state index in [0.29, 0.717) is 31.1 Å². The lowest BCUT2D eigenvalue weighted by atomic mass is 9.77. The molecule has 4 atom stereocenters. The summed E-state index contributed by atoms with van der Waals surface area (Å²) in [7, 11) is 5.81. The summed E-state index contributed by atoms with van der Waals surface area (Å²) in [4.78, 5) is 25.7. The highest BCUT2D eigenvalue weighted by molar-refractivity contribution is 5.76. The van der Waals surface area contributed by atoms with Crippen LogP contribution in [0.15, 0.2) is 24.5 Å². The molecule has 2 aromatic heterocycles. The van der Waals surface area contributed by atoms with Crippen LogP contribution in [-0.2, 0) is 18.3 Å². The zero-order valence-electron chi connectivity index (χ0n) is 17.9. The molecule has 3 heterocycles. The van der Waals surface area contributed by atoms with Crippen LogP contribution in [0.4, 0.5) is 11.8 Å². The third kappa shape index (κ3) is 4.40. The van der Waals surface area contributed by atoms with Crippen LogP contribution < -0.4 is 15.1 Å². The predicted molar refractivity (Wildman–Crippen MR) is 114 cm³/mol. The van der Waals surface area contributed by atoms with Crippen LogP contribution in [0.5, 0.6) is 0 Å². The van der Waals surface area contributed by atoms with Crippen LogP contribution in [0.2, 0.25) is 0 Å². The van der Waals surface area contributed by atoms with Gasteiger partial charge in [-0.15, -0.1) is 0 Å². The lowest BCUT2D eigenvalue weighted by Crippen LogP contribution is -2.49. The van der Waals surface area contributed by atoms with Crippen LogP contribution in [-0.4, -0.2) is 70.1 Å². The summed E-state index contributed by atoms with van der Waals surface area (Å²) < 4.78 is 1.79. The Balaban J connectivity index is 1.33. The zero-order valence-corrected chi connectivity index (χ0v) is 17.9. The van der Waals surface area contributed by atoms with Gasteiger partial charge in [-0.05, 0) is 43.2 Å². The molecule has 0 spiro atoms. The van der Waals surface area contributed by atoms with Crippen molar-refractivity contribution in [2.45, 2.75) is 37.8 Å². The van der Waals surface area contributed by atoms with Gasteiger partial charge in [0.15, 0.2) is 0 Å². The Morgan fingerprint density at radius 3 is 2.70 bits per heavy atom. The molecule has 0 unspecified atom stereocenters. The van der Waals surface area contributed by atoms with Gasteiger partial charge >= 0.3 is 0 Å². The van der Waals surface area contributed by atoms with Gasteiger partial charge in [-0.1, -0.05) is 0 Å². The largest absolute Gasteiger partial charge is 0.391 e. The molecule has 30 heavy (non-hydrogen) atoms. The van der Waals surface area contributed by atoms with E-state index in [0.717, 1.165) is 37.0 Å². The predicted octanol–water partition coefficient (Wildman–Crippen LogP) is 0.601. The van der Waals surface area contributed by atoms with Gasteiger partial charge in [0.2, 0.25) is 11.9 Å². The van der Waals surface area contributed by atoms with Crippen LogP contribution in [0.1, 0.15) is 25.0 Å². The standard InChI is InChI=1S/C21H31N7O2/c1-26(2)19-7-8-22-21(25-19)28-12-14-10-17(18(29)11-15(14)13-28)24-20(30)5-4-16-6-9-23-27(16)3/h6-9,14-15,17-18,29H,4-5,10-13H2,1-3H3,(H,24,30)/t14-,15+,17-,18-/m0/s1. The molecule has 2 aliphatic rings. The van der Waals surface area contributed by atoms with E-state index in [4.69, 9.17) is 0 Å². The highest BCUT2D eigenvalue weighted by atomic mass is 16.3. The first kappa shape index (κ1) is 20.6. The fourth-order valence-corrected chi connectivity index (χ4v) is 4.66. The van der Waals surface area contributed by atoms with Crippen LogP contribution in [0, 0.1) is 11.8 Å². The number of aromatic nitrogens is 4. The molecule has 1 saturated carbocycles. The average Bonchev–Trinajstić information content (AvgIpc) is 3.32. The Hall–Kier alpha value is -2.68. The van der Waals surface area contributed by atoms with Gasteiger partial charge in [-0.3, -0.25) is 9.48 Å². The average molecular weight is 414 g/mol. The SMILES string of the molecule is CN(C)c1ccnc(N2C[C@H]3C[C@H](O)[C@@H](NC(=O)CCc4ccnn4C)C[C@H]3C2)n1. The number of anilines is 2. The van der Waals surface area contributed by atoms with Crippen LogP contribution in [0.3, 0.4) is 0 Å². The molecule has 2 fully saturated rings. The highest BCUT2D eigenvalue weighted by Crippen LogP contribution is 2.37. The zero-order chi connectivity index (χ0) is 21.3. The maximum atomic E-state index is 12.5. The van der Waals surface area contributed by atoms with E-state index in [1.165, 1.54) is 0 Å². The van der Waals surface area contributed by atoms with Crippen molar-refractivity contribution >= 4 is 17.7 Å². The number of aryl methyl sites for hydroxylation is 2. The molecule has 1 saturated heterocycles. The van der Waals surface area contributed by atoms with E-state index in [2.05, 4.69) is 25.3 Å². The number of nitrogens with zero attached hydrogens (tertiary/aromatic N) is 6. The van der Waals surface area contributed by atoms with E-state index in [9.17, 15) is 9.90 Å². The summed E-state index contributed by atoms with van der Waals surface area (Å²) in [5, 5.41) is 17.8. The molecule has 9 heteroatoms. The van der Waals surface area contributed by atoms with Crippen molar-refractivity contribution in [3.8, 4) is 0 Å². The minimum Gasteiger partial charge on any atom is -0.391 e. The van der Waals surface area contributed by atoms with E-state index in [1.807, 2.05) is 38.2 Å².